The van der Waals surface area contributed by atoms with Crippen LogP contribution in [0.15, 0.2) is 60.7 Å². The van der Waals surface area contributed by atoms with Gasteiger partial charge in [0.25, 0.3) is 0 Å². The number of carbonyl (C=O) groups is 1. The molecule has 1 atom stereocenters. The zero-order chi connectivity index (χ0) is 27.7. The van der Waals surface area contributed by atoms with Gasteiger partial charge in [-0.2, -0.15) is 26.3 Å². The molecular formula is C27H24F7NO2. The Labute approximate surface area is 209 Å². The van der Waals surface area contributed by atoms with Crippen molar-refractivity contribution in [1.29, 1.82) is 0 Å². The topological polar surface area (TPSA) is 40.5 Å². The molecule has 0 aliphatic heterocycles. The number of carboxylic acids is 1. The fourth-order valence-corrected chi connectivity index (χ4v) is 4.28. The summed E-state index contributed by atoms with van der Waals surface area (Å²) >= 11 is 0. The van der Waals surface area contributed by atoms with E-state index in [1.165, 1.54) is 0 Å². The number of halogens is 7. The predicted octanol–water partition coefficient (Wildman–Crippen LogP) is 8.51. The van der Waals surface area contributed by atoms with Gasteiger partial charge in [-0.1, -0.05) is 44.2 Å². The minimum atomic E-state index is -5.11. The molecular weight excluding hydrogens is 503 g/mol. The molecule has 0 spiro atoms. The Morgan fingerprint density at radius 1 is 0.865 bits per heavy atom. The van der Waals surface area contributed by atoms with Crippen LogP contribution in [-0.2, 0) is 17.1 Å². The van der Waals surface area contributed by atoms with E-state index in [1.807, 2.05) is 0 Å². The number of anilines is 2. The molecule has 10 heteroatoms. The minimum absolute atomic E-state index is 0.135. The average Bonchev–Trinajstić information content (AvgIpc) is 2.80. The molecule has 3 rings (SSSR count). The maximum atomic E-state index is 14.6. The number of benzene rings is 3. The quantitative estimate of drug-likeness (QED) is 0.313. The first-order valence-electron chi connectivity index (χ1n) is 11.2. The molecule has 0 saturated heterocycles. The van der Waals surface area contributed by atoms with Crippen molar-refractivity contribution in [2.45, 2.75) is 38.5 Å². The Kier molecular flexibility index (Phi) is 7.90. The van der Waals surface area contributed by atoms with Gasteiger partial charge in [0.05, 0.1) is 28.4 Å². The summed E-state index contributed by atoms with van der Waals surface area (Å²) in [4.78, 5) is 12.8. The van der Waals surface area contributed by atoms with E-state index in [9.17, 15) is 40.6 Å². The molecule has 1 unspecified atom stereocenters. The summed E-state index contributed by atoms with van der Waals surface area (Å²) in [5, 5.41) is 9.88. The SMILES string of the molecule is CC(C)CC(C(=O)O)c1cc(-c2ccccc2)cc(N(C)c2ccc(F)cc2C(F)(F)F)c1C(F)(F)F. The average molecular weight is 527 g/mol. The van der Waals surface area contributed by atoms with Crippen LogP contribution in [0, 0.1) is 11.7 Å². The molecule has 0 aromatic heterocycles. The second-order valence-corrected chi connectivity index (χ2v) is 9.06. The van der Waals surface area contributed by atoms with Gasteiger partial charge >= 0.3 is 18.3 Å². The molecule has 0 fully saturated rings. The van der Waals surface area contributed by atoms with Crippen LogP contribution in [0.1, 0.15) is 42.9 Å². The van der Waals surface area contributed by atoms with Crippen molar-refractivity contribution in [1.82, 2.24) is 0 Å². The molecule has 3 nitrogen and oxygen atoms in total. The molecule has 0 heterocycles. The normalized spacial score (nSPS) is 13.1. The Morgan fingerprint density at radius 2 is 1.49 bits per heavy atom. The standard InChI is InChI=1S/C27H24F7NO2/c1-15(2)11-20(25(36)37)19-12-17(16-7-5-4-6-8-16)13-23(24(19)27(32,33)34)35(3)22-10-9-18(28)14-21(22)26(29,30)31/h4-10,12-15,20H,11H2,1-3H3,(H,36,37). The molecule has 3 aromatic rings. The van der Waals surface area contributed by atoms with Gasteiger partial charge in [0.2, 0.25) is 0 Å². The van der Waals surface area contributed by atoms with Gasteiger partial charge in [-0.15, -0.1) is 0 Å². The summed E-state index contributed by atoms with van der Waals surface area (Å²) in [5.41, 5.74) is -4.16. The van der Waals surface area contributed by atoms with Gasteiger partial charge in [0.15, 0.2) is 0 Å². The number of carboxylic acid groups (broad SMARTS) is 1. The molecule has 3 aromatic carbocycles. The summed E-state index contributed by atoms with van der Waals surface area (Å²) < 4.78 is 98.7. The van der Waals surface area contributed by atoms with E-state index in [0.717, 1.165) is 31.3 Å². The Bertz CT molecular complexity index is 1270. The molecule has 0 saturated carbocycles. The zero-order valence-corrected chi connectivity index (χ0v) is 20.1. The number of hydrogen-bond acceptors (Lipinski definition) is 2. The van der Waals surface area contributed by atoms with Crippen LogP contribution in [0.2, 0.25) is 0 Å². The van der Waals surface area contributed by atoms with Crippen molar-refractivity contribution < 1.29 is 40.6 Å². The Morgan fingerprint density at radius 3 is 2.00 bits per heavy atom. The molecule has 37 heavy (non-hydrogen) atoms. The third kappa shape index (κ3) is 6.23. The second kappa shape index (κ2) is 10.4. The summed E-state index contributed by atoms with van der Waals surface area (Å²) in [6.45, 7) is 3.32. The lowest BCUT2D eigenvalue weighted by molar-refractivity contribution is -0.141. The van der Waals surface area contributed by atoms with E-state index in [0.29, 0.717) is 10.5 Å². The summed E-state index contributed by atoms with van der Waals surface area (Å²) in [6.07, 6.45) is -10.3. The highest BCUT2D eigenvalue weighted by molar-refractivity contribution is 5.83. The monoisotopic (exact) mass is 527 g/mol. The third-order valence-corrected chi connectivity index (χ3v) is 5.91. The van der Waals surface area contributed by atoms with Crippen LogP contribution in [0.5, 0.6) is 0 Å². The summed E-state index contributed by atoms with van der Waals surface area (Å²) in [6, 6.07) is 12.0. The number of alkyl halides is 6. The minimum Gasteiger partial charge on any atom is -0.481 e. The first-order chi connectivity index (χ1) is 17.1. The van der Waals surface area contributed by atoms with Crippen LogP contribution in [0.3, 0.4) is 0 Å². The van der Waals surface area contributed by atoms with Gasteiger partial charge in [0, 0.05) is 7.05 Å². The highest BCUT2D eigenvalue weighted by Gasteiger charge is 2.42. The van der Waals surface area contributed by atoms with E-state index < -0.39 is 58.1 Å². The highest BCUT2D eigenvalue weighted by atomic mass is 19.4. The van der Waals surface area contributed by atoms with E-state index in [4.69, 9.17) is 0 Å². The van der Waals surface area contributed by atoms with Crippen LogP contribution in [0.4, 0.5) is 42.1 Å². The van der Waals surface area contributed by atoms with Gasteiger partial charge in [0.1, 0.15) is 5.82 Å². The van der Waals surface area contributed by atoms with Crippen LogP contribution >= 0.6 is 0 Å². The fourth-order valence-electron chi connectivity index (χ4n) is 4.28. The number of hydrogen-bond donors (Lipinski definition) is 1. The van der Waals surface area contributed by atoms with Crippen LogP contribution in [0.25, 0.3) is 11.1 Å². The molecule has 0 aliphatic carbocycles. The first kappa shape index (κ1) is 28.0. The van der Waals surface area contributed by atoms with Crippen LogP contribution in [-0.4, -0.2) is 18.1 Å². The fraction of sp³-hybridized carbons (Fsp3) is 0.296. The number of rotatable bonds is 7. The first-order valence-corrected chi connectivity index (χ1v) is 11.2. The highest BCUT2D eigenvalue weighted by Crippen LogP contribution is 2.48. The molecule has 1 N–H and O–H groups in total. The number of aliphatic carboxylic acids is 1. The van der Waals surface area contributed by atoms with Crippen molar-refractivity contribution in [3.63, 3.8) is 0 Å². The van der Waals surface area contributed by atoms with Crippen molar-refractivity contribution in [2.75, 3.05) is 11.9 Å². The Hall–Kier alpha value is -3.56. The molecule has 198 valence electrons. The van der Waals surface area contributed by atoms with E-state index in [1.54, 1.807) is 44.2 Å². The van der Waals surface area contributed by atoms with Crippen molar-refractivity contribution in [3.8, 4) is 11.1 Å². The van der Waals surface area contributed by atoms with Crippen molar-refractivity contribution in [2.24, 2.45) is 5.92 Å². The lowest BCUT2D eigenvalue weighted by Crippen LogP contribution is -2.24. The van der Waals surface area contributed by atoms with E-state index in [2.05, 4.69) is 0 Å². The summed E-state index contributed by atoms with van der Waals surface area (Å²) in [5.74, 6) is -4.57. The van der Waals surface area contributed by atoms with Gasteiger partial charge < -0.3 is 10.0 Å². The third-order valence-electron chi connectivity index (χ3n) is 5.91. The molecule has 0 aliphatic rings. The van der Waals surface area contributed by atoms with Crippen LogP contribution < -0.4 is 4.90 Å². The molecule has 0 amide bonds. The van der Waals surface area contributed by atoms with Gasteiger partial charge in [-0.3, -0.25) is 4.79 Å². The lowest BCUT2D eigenvalue weighted by Gasteiger charge is -2.30. The second-order valence-electron chi connectivity index (χ2n) is 9.06. The van der Waals surface area contributed by atoms with E-state index >= 15 is 0 Å². The smallest absolute Gasteiger partial charge is 0.418 e. The van der Waals surface area contributed by atoms with E-state index in [-0.39, 0.29) is 24.0 Å². The largest absolute Gasteiger partial charge is 0.481 e. The maximum Gasteiger partial charge on any atom is 0.418 e. The molecule has 0 radical (unpaired) electrons. The Balaban J connectivity index is 2.43. The predicted molar refractivity (Wildman–Crippen MR) is 126 cm³/mol. The maximum absolute atomic E-state index is 14.6. The molecule has 0 bridgehead atoms. The van der Waals surface area contributed by atoms with Crippen molar-refractivity contribution in [3.05, 3.63) is 83.2 Å². The zero-order valence-electron chi connectivity index (χ0n) is 20.1. The van der Waals surface area contributed by atoms with Gasteiger partial charge in [-0.05, 0) is 59.4 Å². The van der Waals surface area contributed by atoms with Gasteiger partial charge in [-0.25, -0.2) is 4.39 Å². The van der Waals surface area contributed by atoms with Crippen molar-refractivity contribution >= 4 is 17.3 Å². The summed E-state index contributed by atoms with van der Waals surface area (Å²) in [7, 11) is 1.00. The number of nitrogens with zero attached hydrogens (tertiary/aromatic N) is 1. The lowest BCUT2D eigenvalue weighted by atomic mass is 9.84.